The van der Waals surface area contributed by atoms with E-state index in [1.807, 2.05) is 0 Å². The van der Waals surface area contributed by atoms with Crippen molar-refractivity contribution in [3.63, 3.8) is 0 Å². The van der Waals surface area contributed by atoms with Crippen LogP contribution in [0.5, 0.6) is 11.5 Å². The second-order valence-corrected chi connectivity index (χ2v) is 3.03. The van der Waals surface area contributed by atoms with Crippen molar-refractivity contribution in [1.82, 2.24) is 0 Å². The molecule has 0 atom stereocenters. The molecule has 0 saturated carbocycles. The predicted octanol–water partition coefficient (Wildman–Crippen LogP) is -0.479. The molecule has 6 nitrogen and oxygen atoms in total. The van der Waals surface area contributed by atoms with Crippen molar-refractivity contribution in [2.45, 2.75) is 0 Å². The number of para-hydroxylation sites is 2. The third kappa shape index (κ3) is 11.5. The van der Waals surface area contributed by atoms with Crippen LogP contribution in [0.4, 0.5) is 0 Å². The second-order valence-electron chi connectivity index (χ2n) is 2.00. The molecule has 0 unspecified atom stereocenters. The molecule has 0 fully saturated rings. The molecule has 0 aliphatic carbocycles. The summed E-state index contributed by atoms with van der Waals surface area (Å²) in [6, 6.07) is 6.15. The second kappa shape index (κ2) is 6.90. The van der Waals surface area contributed by atoms with E-state index in [0.29, 0.717) is 0 Å². The molecule has 1 aromatic rings. The van der Waals surface area contributed by atoms with E-state index < -0.39 is 7.82 Å². The minimum atomic E-state index is -4.64. The van der Waals surface area contributed by atoms with Crippen LogP contribution in [0.25, 0.3) is 0 Å². The van der Waals surface area contributed by atoms with E-state index in [4.69, 9.17) is 29.5 Å². The average molecular weight is 216 g/mol. The zero-order valence-electron chi connectivity index (χ0n) is 6.40. The Morgan fingerprint density at radius 3 is 1.29 bits per heavy atom. The van der Waals surface area contributed by atoms with E-state index in [1.54, 1.807) is 12.1 Å². The first-order chi connectivity index (χ1) is 5.80. The van der Waals surface area contributed by atoms with Gasteiger partial charge in [0.1, 0.15) is 0 Å². The SMILES string of the molecule is O=P(O)(O)O.Oc1ccccc1O.[LiH]. The van der Waals surface area contributed by atoms with Gasteiger partial charge in [-0.1, -0.05) is 12.1 Å². The van der Waals surface area contributed by atoms with Gasteiger partial charge in [0.25, 0.3) is 0 Å². The Hall–Kier alpha value is -0.473. The minimum absolute atomic E-state index is 0. The van der Waals surface area contributed by atoms with E-state index in [1.165, 1.54) is 12.1 Å². The fourth-order valence-corrected chi connectivity index (χ4v) is 0.464. The zero-order chi connectivity index (χ0) is 10.5. The Balaban J connectivity index is 0. The summed E-state index contributed by atoms with van der Waals surface area (Å²) in [6.07, 6.45) is 0. The standard InChI is InChI=1S/C6H6O2.Li.H3O4P.H/c7-5-3-1-2-4-6(5)8;;1-5(2,3)4;/h1-4,7-8H;;(H3,1,2,3,4);. The van der Waals surface area contributed by atoms with Crippen LogP contribution >= 0.6 is 7.82 Å². The summed E-state index contributed by atoms with van der Waals surface area (Å²) in [5.74, 6) is -0.153. The summed E-state index contributed by atoms with van der Waals surface area (Å²) in [4.78, 5) is 21.6. The van der Waals surface area contributed by atoms with Gasteiger partial charge >= 0.3 is 26.7 Å². The Morgan fingerprint density at radius 2 is 1.14 bits per heavy atom. The van der Waals surface area contributed by atoms with Crippen molar-refractivity contribution < 1.29 is 29.5 Å². The van der Waals surface area contributed by atoms with Gasteiger partial charge < -0.3 is 24.9 Å². The maximum absolute atomic E-state index is 8.88. The molecule has 0 saturated heterocycles. The van der Waals surface area contributed by atoms with Gasteiger partial charge in [0, 0.05) is 0 Å². The van der Waals surface area contributed by atoms with Crippen molar-refractivity contribution in [2.24, 2.45) is 0 Å². The van der Waals surface area contributed by atoms with Crippen molar-refractivity contribution in [2.75, 3.05) is 0 Å². The summed E-state index contributed by atoms with van der Waals surface area (Å²) in [5.41, 5.74) is 0. The number of hydrogen-bond acceptors (Lipinski definition) is 3. The normalized spacial score (nSPS) is 9.36. The summed E-state index contributed by atoms with van der Waals surface area (Å²) in [6.45, 7) is 0. The van der Waals surface area contributed by atoms with Gasteiger partial charge in [0.05, 0.1) is 0 Å². The molecule has 1 rings (SSSR count). The molecule has 0 aromatic heterocycles. The van der Waals surface area contributed by atoms with Crippen LogP contribution in [0, 0.1) is 0 Å². The molecule has 0 aliphatic heterocycles. The molecule has 0 heterocycles. The van der Waals surface area contributed by atoms with Crippen molar-refractivity contribution in [3.05, 3.63) is 24.3 Å². The van der Waals surface area contributed by atoms with Gasteiger partial charge in [-0.3, -0.25) is 0 Å². The molecule has 0 spiro atoms. The van der Waals surface area contributed by atoms with Crippen molar-refractivity contribution in [3.8, 4) is 11.5 Å². The third-order valence-electron chi connectivity index (χ3n) is 0.882. The molecule has 0 amide bonds. The number of benzene rings is 1. The van der Waals surface area contributed by atoms with Crippen molar-refractivity contribution in [1.29, 1.82) is 0 Å². The molecular weight excluding hydrogens is 206 g/mol. The first kappa shape index (κ1) is 16.0. The first-order valence-electron chi connectivity index (χ1n) is 3.06. The number of phosphoric acid groups is 1. The van der Waals surface area contributed by atoms with E-state index in [-0.39, 0.29) is 30.4 Å². The summed E-state index contributed by atoms with van der Waals surface area (Å²) < 4.78 is 8.88. The van der Waals surface area contributed by atoms with Gasteiger partial charge in [0.2, 0.25) is 0 Å². The monoisotopic (exact) mass is 216 g/mol. The van der Waals surface area contributed by atoms with E-state index in [0.717, 1.165) is 0 Å². The Bertz CT molecular complexity index is 282. The predicted molar refractivity (Wildman–Crippen MR) is 51.2 cm³/mol. The quantitative estimate of drug-likeness (QED) is 0.227. The maximum atomic E-state index is 8.88. The zero-order valence-corrected chi connectivity index (χ0v) is 7.30. The summed E-state index contributed by atoms with van der Waals surface area (Å²) >= 11 is 0. The van der Waals surface area contributed by atoms with Crippen LogP contribution in [0.3, 0.4) is 0 Å². The number of aromatic hydroxyl groups is 2. The number of phenolic OH excluding ortho intramolecular Hbond substituents is 2. The van der Waals surface area contributed by atoms with Gasteiger partial charge in [-0.05, 0) is 12.1 Å². The van der Waals surface area contributed by atoms with Gasteiger partial charge in [-0.15, -0.1) is 0 Å². The summed E-state index contributed by atoms with van der Waals surface area (Å²) in [7, 11) is -4.64. The molecule has 0 aliphatic rings. The van der Waals surface area contributed by atoms with E-state index in [9.17, 15) is 0 Å². The Kier molecular flexibility index (Phi) is 7.88. The molecule has 8 heteroatoms. The van der Waals surface area contributed by atoms with Crippen LogP contribution in [-0.2, 0) is 4.57 Å². The van der Waals surface area contributed by atoms with Crippen LogP contribution in [-0.4, -0.2) is 43.8 Å². The topological polar surface area (TPSA) is 118 Å². The number of rotatable bonds is 0. The number of phenols is 2. The molecule has 0 bridgehead atoms. The van der Waals surface area contributed by atoms with Crippen molar-refractivity contribution >= 4 is 26.7 Å². The fraction of sp³-hybridized carbons (Fsp3) is 0. The number of hydrogen-bond donors (Lipinski definition) is 5. The van der Waals surface area contributed by atoms with Gasteiger partial charge in [0.15, 0.2) is 11.5 Å². The van der Waals surface area contributed by atoms with Crippen LogP contribution < -0.4 is 0 Å². The summed E-state index contributed by atoms with van der Waals surface area (Å²) in [5, 5.41) is 17.3. The van der Waals surface area contributed by atoms with Crippen LogP contribution in [0.2, 0.25) is 0 Å². The molecule has 5 N–H and O–H groups in total. The van der Waals surface area contributed by atoms with E-state index in [2.05, 4.69) is 0 Å². The third-order valence-corrected chi connectivity index (χ3v) is 0.882. The molecule has 76 valence electrons. The molecule has 1 aromatic carbocycles. The average Bonchev–Trinajstić information content (AvgIpc) is 1.92. The molecule has 0 radical (unpaired) electrons. The van der Waals surface area contributed by atoms with E-state index >= 15 is 0 Å². The Labute approximate surface area is 92.3 Å². The van der Waals surface area contributed by atoms with Gasteiger partial charge in [-0.2, -0.15) is 0 Å². The molecule has 14 heavy (non-hydrogen) atoms. The Morgan fingerprint density at radius 1 is 0.929 bits per heavy atom. The van der Waals surface area contributed by atoms with Crippen LogP contribution in [0.1, 0.15) is 0 Å². The first-order valence-corrected chi connectivity index (χ1v) is 4.62. The van der Waals surface area contributed by atoms with Gasteiger partial charge in [-0.25, -0.2) is 4.57 Å². The fourth-order valence-electron chi connectivity index (χ4n) is 0.464. The molecular formula is C6H10LiO6P. The van der Waals surface area contributed by atoms with Crippen LogP contribution in [0.15, 0.2) is 24.3 Å².